The van der Waals surface area contributed by atoms with Crippen LogP contribution in [-0.4, -0.2) is 22.7 Å². The molecule has 0 bridgehead atoms. The molecule has 0 aliphatic carbocycles. The monoisotopic (exact) mass is 251 g/mol. The van der Waals surface area contributed by atoms with Crippen LogP contribution in [0.2, 0.25) is 0 Å². The van der Waals surface area contributed by atoms with Crippen molar-refractivity contribution in [3.63, 3.8) is 0 Å². The number of rotatable bonds is 1. The van der Waals surface area contributed by atoms with Gasteiger partial charge in [-0.05, 0) is 0 Å². The Labute approximate surface area is 98.0 Å². The predicted molar refractivity (Wildman–Crippen MR) is 63.7 cm³/mol. The largest absolute Gasteiger partial charge is 0.369 e. The Morgan fingerprint density at radius 2 is 2.13 bits per heavy atom. The molecule has 84 valence electrons. The Morgan fingerprint density at radius 1 is 1.47 bits per heavy atom. The minimum atomic E-state index is -0.254. The highest BCUT2D eigenvalue weighted by molar-refractivity contribution is 5.85. The van der Waals surface area contributed by atoms with Crippen molar-refractivity contribution in [2.24, 2.45) is 10.7 Å². The van der Waals surface area contributed by atoms with Crippen molar-refractivity contribution in [3.05, 3.63) is 15.9 Å². The fourth-order valence-electron chi connectivity index (χ4n) is 1.33. The zero-order chi connectivity index (χ0) is 9.42. The SMILES string of the molecule is Cl.Cl.NCC1C=Nc2nc(N)[nH]c(=O)c21. The highest BCUT2D eigenvalue weighted by Gasteiger charge is 2.22. The van der Waals surface area contributed by atoms with E-state index in [1.807, 2.05) is 0 Å². The van der Waals surface area contributed by atoms with Gasteiger partial charge in [0.05, 0.1) is 5.56 Å². The van der Waals surface area contributed by atoms with Crippen LogP contribution in [0.4, 0.5) is 11.8 Å². The summed E-state index contributed by atoms with van der Waals surface area (Å²) in [6, 6.07) is 0. The van der Waals surface area contributed by atoms with Crippen LogP contribution in [0, 0.1) is 0 Å². The predicted octanol–water partition coefficient (Wildman–Crippen LogP) is -0.0461. The first-order valence-electron chi connectivity index (χ1n) is 3.86. The number of hydrogen-bond acceptors (Lipinski definition) is 5. The van der Waals surface area contributed by atoms with Crippen LogP contribution < -0.4 is 17.0 Å². The number of H-pyrrole nitrogens is 1. The summed E-state index contributed by atoms with van der Waals surface area (Å²) in [5, 5.41) is 0. The topological polar surface area (TPSA) is 110 Å². The van der Waals surface area contributed by atoms with E-state index in [1.165, 1.54) is 0 Å². The van der Waals surface area contributed by atoms with Gasteiger partial charge in [-0.1, -0.05) is 0 Å². The van der Waals surface area contributed by atoms with Gasteiger partial charge >= 0.3 is 0 Å². The number of halogens is 2. The van der Waals surface area contributed by atoms with Crippen molar-refractivity contribution < 1.29 is 0 Å². The molecule has 0 radical (unpaired) electrons. The summed E-state index contributed by atoms with van der Waals surface area (Å²) in [7, 11) is 0. The Balaban J connectivity index is 0.000000980. The van der Waals surface area contributed by atoms with Crippen LogP contribution in [0.25, 0.3) is 0 Å². The van der Waals surface area contributed by atoms with Gasteiger partial charge in [-0.25, -0.2) is 4.99 Å². The van der Waals surface area contributed by atoms with E-state index in [9.17, 15) is 4.79 Å². The Kier molecular flexibility index (Phi) is 4.73. The molecule has 1 aromatic heterocycles. The molecule has 1 aliphatic heterocycles. The van der Waals surface area contributed by atoms with Crippen molar-refractivity contribution in [1.29, 1.82) is 0 Å². The van der Waals surface area contributed by atoms with E-state index in [1.54, 1.807) is 6.21 Å². The number of hydrogen-bond donors (Lipinski definition) is 3. The lowest BCUT2D eigenvalue weighted by Gasteiger charge is -2.03. The van der Waals surface area contributed by atoms with Crippen LogP contribution in [0.1, 0.15) is 11.5 Å². The molecule has 2 rings (SSSR count). The number of anilines is 1. The zero-order valence-corrected chi connectivity index (χ0v) is 9.27. The summed E-state index contributed by atoms with van der Waals surface area (Å²) in [5.74, 6) is 0.335. The quantitative estimate of drug-likeness (QED) is 0.650. The molecule has 2 heterocycles. The second-order valence-electron chi connectivity index (χ2n) is 2.81. The number of aromatic nitrogens is 2. The molecule has 0 fully saturated rings. The van der Waals surface area contributed by atoms with Crippen LogP contribution in [0.15, 0.2) is 9.79 Å². The fraction of sp³-hybridized carbons (Fsp3) is 0.286. The van der Waals surface area contributed by atoms with Crippen LogP contribution >= 0.6 is 24.8 Å². The maximum atomic E-state index is 11.4. The lowest BCUT2D eigenvalue weighted by atomic mass is 10.1. The second kappa shape index (κ2) is 5.11. The maximum Gasteiger partial charge on any atom is 0.258 e. The van der Waals surface area contributed by atoms with Crippen molar-refractivity contribution in [3.8, 4) is 0 Å². The lowest BCUT2D eigenvalue weighted by Crippen LogP contribution is -2.21. The van der Waals surface area contributed by atoms with E-state index in [-0.39, 0.29) is 42.2 Å². The molecule has 1 aliphatic rings. The number of aromatic amines is 1. The van der Waals surface area contributed by atoms with Gasteiger partial charge in [0.1, 0.15) is 0 Å². The van der Waals surface area contributed by atoms with Gasteiger partial charge in [-0.3, -0.25) is 9.78 Å². The average Bonchev–Trinajstić information content (AvgIpc) is 2.47. The van der Waals surface area contributed by atoms with E-state index in [2.05, 4.69) is 15.0 Å². The highest BCUT2D eigenvalue weighted by Crippen LogP contribution is 2.25. The summed E-state index contributed by atoms with van der Waals surface area (Å²) in [6.45, 7) is 0.352. The van der Waals surface area contributed by atoms with E-state index < -0.39 is 0 Å². The molecule has 0 saturated carbocycles. The van der Waals surface area contributed by atoms with E-state index in [0.29, 0.717) is 17.9 Å². The third kappa shape index (κ3) is 2.28. The molecule has 0 amide bonds. The van der Waals surface area contributed by atoms with Crippen molar-refractivity contribution in [1.82, 2.24) is 9.97 Å². The molecular formula is C7H11Cl2N5O. The number of nitrogen functional groups attached to an aromatic ring is 1. The van der Waals surface area contributed by atoms with E-state index in [4.69, 9.17) is 11.5 Å². The Morgan fingerprint density at radius 3 is 2.73 bits per heavy atom. The number of nitrogens with two attached hydrogens (primary N) is 2. The smallest absolute Gasteiger partial charge is 0.258 e. The van der Waals surface area contributed by atoms with Crippen molar-refractivity contribution in [2.45, 2.75) is 5.92 Å². The Bertz CT molecular complexity index is 430. The molecule has 0 aromatic carbocycles. The van der Waals surface area contributed by atoms with Gasteiger partial charge in [0, 0.05) is 18.7 Å². The number of nitrogens with zero attached hydrogens (tertiary/aromatic N) is 2. The van der Waals surface area contributed by atoms with Crippen LogP contribution in [-0.2, 0) is 0 Å². The second-order valence-corrected chi connectivity index (χ2v) is 2.81. The summed E-state index contributed by atoms with van der Waals surface area (Å²) in [6.07, 6.45) is 1.62. The fourth-order valence-corrected chi connectivity index (χ4v) is 1.33. The number of fused-ring (bicyclic) bond motifs is 1. The lowest BCUT2D eigenvalue weighted by molar-refractivity contribution is 0.894. The third-order valence-corrected chi connectivity index (χ3v) is 1.95. The first-order chi connectivity index (χ1) is 6.22. The molecule has 1 unspecified atom stereocenters. The highest BCUT2D eigenvalue weighted by atomic mass is 35.5. The van der Waals surface area contributed by atoms with Crippen molar-refractivity contribution in [2.75, 3.05) is 12.3 Å². The van der Waals surface area contributed by atoms with Crippen LogP contribution in [0.5, 0.6) is 0 Å². The number of nitrogens with one attached hydrogen (secondary N) is 1. The molecule has 0 spiro atoms. The molecule has 8 heteroatoms. The summed E-state index contributed by atoms with van der Waals surface area (Å²) < 4.78 is 0. The standard InChI is InChI=1S/C7H9N5O.2ClH/c8-1-3-2-10-5-4(3)6(13)12-7(9)11-5;;/h2-3H,1,8H2,(H3,9,11,12,13);2*1H. The Hall–Kier alpha value is -1.11. The molecule has 1 atom stereocenters. The van der Waals surface area contributed by atoms with E-state index in [0.717, 1.165) is 0 Å². The molecule has 5 N–H and O–H groups in total. The van der Waals surface area contributed by atoms with Gasteiger partial charge in [0.25, 0.3) is 5.56 Å². The molecule has 15 heavy (non-hydrogen) atoms. The van der Waals surface area contributed by atoms with Crippen LogP contribution in [0.3, 0.4) is 0 Å². The zero-order valence-electron chi connectivity index (χ0n) is 7.64. The maximum absolute atomic E-state index is 11.4. The first-order valence-corrected chi connectivity index (χ1v) is 3.86. The molecule has 0 saturated heterocycles. The normalized spacial score (nSPS) is 16.5. The summed E-state index contributed by atoms with van der Waals surface area (Å²) in [5.41, 5.74) is 11.1. The molecule has 1 aromatic rings. The summed E-state index contributed by atoms with van der Waals surface area (Å²) >= 11 is 0. The van der Waals surface area contributed by atoms with Gasteiger partial charge in [-0.2, -0.15) is 4.98 Å². The van der Waals surface area contributed by atoms with Gasteiger partial charge < -0.3 is 11.5 Å². The molecular weight excluding hydrogens is 241 g/mol. The van der Waals surface area contributed by atoms with Gasteiger partial charge in [0.15, 0.2) is 5.82 Å². The number of aliphatic imine (C=N–C) groups is 1. The van der Waals surface area contributed by atoms with E-state index >= 15 is 0 Å². The van der Waals surface area contributed by atoms with Gasteiger partial charge in [-0.15, -0.1) is 24.8 Å². The van der Waals surface area contributed by atoms with Crippen molar-refractivity contribution >= 4 is 42.8 Å². The summed E-state index contributed by atoms with van der Waals surface area (Å²) in [4.78, 5) is 21.6. The minimum absolute atomic E-state index is 0. The average molecular weight is 252 g/mol. The van der Waals surface area contributed by atoms with Gasteiger partial charge in [0.2, 0.25) is 5.95 Å². The minimum Gasteiger partial charge on any atom is -0.369 e. The first kappa shape index (κ1) is 13.9. The molecule has 6 nitrogen and oxygen atoms in total. The third-order valence-electron chi connectivity index (χ3n) is 1.95.